The van der Waals surface area contributed by atoms with Crippen molar-refractivity contribution in [1.29, 1.82) is 0 Å². The van der Waals surface area contributed by atoms with Crippen molar-refractivity contribution in [2.45, 2.75) is 20.0 Å². The van der Waals surface area contributed by atoms with Gasteiger partial charge in [0.15, 0.2) is 6.10 Å². The summed E-state index contributed by atoms with van der Waals surface area (Å²) < 4.78 is 9.69. The smallest absolute Gasteiger partial charge is 0.405 e. The van der Waals surface area contributed by atoms with E-state index in [-0.39, 0.29) is 5.89 Å². The second-order valence-electron chi connectivity index (χ2n) is 3.58. The van der Waals surface area contributed by atoms with E-state index in [1.165, 1.54) is 6.33 Å². The SMILES string of the molecule is Cc1cc(-c2noc([C@H](C)OC(N)=O)n2)ncn1. The zero-order valence-corrected chi connectivity index (χ0v) is 9.82. The minimum atomic E-state index is -0.903. The molecule has 0 unspecified atom stereocenters. The van der Waals surface area contributed by atoms with Crippen LogP contribution < -0.4 is 5.73 Å². The van der Waals surface area contributed by atoms with Crippen molar-refractivity contribution in [3.05, 3.63) is 24.0 Å². The molecule has 0 spiro atoms. The minimum absolute atomic E-state index is 0.153. The first-order valence-electron chi connectivity index (χ1n) is 5.15. The number of ether oxygens (including phenoxy) is 1. The molecule has 0 fully saturated rings. The highest BCUT2D eigenvalue weighted by atomic mass is 16.6. The molecule has 0 saturated carbocycles. The second kappa shape index (κ2) is 4.78. The van der Waals surface area contributed by atoms with Crippen LogP contribution in [0, 0.1) is 6.92 Å². The fourth-order valence-corrected chi connectivity index (χ4v) is 1.31. The topological polar surface area (TPSA) is 117 Å². The van der Waals surface area contributed by atoms with Crippen LogP contribution in [-0.2, 0) is 4.74 Å². The standard InChI is InChI=1S/C10H11N5O3/c1-5-3-7(13-4-12-5)8-14-9(18-15-8)6(2)17-10(11)16/h3-4,6H,1-2H3,(H2,11,16)/t6-/m0/s1. The zero-order chi connectivity index (χ0) is 13.1. The number of hydrogen-bond donors (Lipinski definition) is 1. The molecule has 2 aromatic heterocycles. The second-order valence-corrected chi connectivity index (χ2v) is 3.58. The summed E-state index contributed by atoms with van der Waals surface area (Å²) >= 11 is 0. The predicted molar refractivity (Wildman–Crippen MR) is 59.1 cm³/mol. The molecule has 0 radical (unpaired) electrons. The molecule has 2 N–H and O–H groups in total. The normalized spacial score (nSPS) is 12.1. The van der Waals surface area contributed by atoms with Gasteiger partial charge in [0.05, 0.1) is 0 Å². The van der Waals surface area contributed by atoms with Gasteiger partial charge in [-0.15, -0.1) is 0 Å². The lowest BCUT2D eigenvalue weighted by Gasteiger charge is -2.04. The molecule has 0 aliphatic heterocycles. The number of rotatable bonds is 3. The third kappa shape index (κ3) is 2.59. The van der Waals surface area contributed by atoms with Gasteiger partial charge in [0.1, 0.15) is 12.0 Å². The van der Waals surface area contributed by atoms with Crippen LogP contribution in [0.3, 0.4) is 0 Å². The van der Waals surface area contributed by atoms with Crippen LogP contribution in [-0.4, -0.2) is 26.2 Å². The third-order valence-corrected chi connectivity index (χ3v) is 2.12. The molecule has 0 aromatic carbocycles. The number of carbonyl (C=O) groups excluding carboxylic acids is 1. The Morgan fingerprint density at radius 1 is 1.50 bits per heavy atom. The maximum atomic E-state index is 10.6. The monoisotopic (exact) mass is 249 g/mol. The van der Waals surface area contributed by atoms with Gasteiger partial charge in [-0.1, -0.05) is 5.16 Å². The summed E-state index contributed by atoms with van der Waals surface area (Å²) in [4.78, 5) is 22.6. The summed E-state index contributed by atoms with van der Waals surface area (Å²) in [6.07, 6.45) is -0.198. The fourth-order valence-electron chi connectivity index (χ4n) is 1.31. The average molecular weight is 249 g/mol. The van der Waals surface area contributed by atoms with E-state index in [4.69, 9.17) is 15.0 Å². The summed E-state index contributed by atoms with van der Waals surface area (Å²) in [5.74, 6) is 0.454. The lowest BCUT2D eigenvalue weighted by molar-refractivity contribution is 0.0959. The van der Waals surface area contributed by atoms with Gasteiger partial charge in [-0.25, -0.2) is 14.8 Å². The number of hydrogen-bond acceptors (Lipinski definition) is 7. The Bertz CT molecular complexity index is 568. The highest BCUT2D eigenvalue weighted by Gasteiger charge is 2.18. The Kier molecular flexibility index (Phi) is 3.18. The number of amides is 1. The maximum absolute atomic E-state index is 10.6. The molecule has 0 aliphatic carbocycles. The molecule has 2 heterocycles. The van der Waals surface area contributed by atoms with E-state index in [0.29, 0.717) is 11.5 Å². The van der Waals surface area contributed by atoms with Crippen LogP contribution in [0.15, 0.2) is 16.9 Å². The van der Waals surface area contributed by atoms with Crippen molar-refractivity contribution in [2.75, 3.05) is 0 Å². The van der Waals surface area contributed by atoms with Gasteiger partial charge in [0.2, 0.25) is 5.82 Å². The molecule has 0 aliphatic rings. The van der Waals surface area contributed by atoms with Gasteiger partial charge in [-0.2, -0.15) is 4.98 Å². The van der Waals surface area contributed by atoms with Crippen LogP contribution in [0.4, 0.5) is 4.79 Å². The Hall–Kier alpha value is -2.51. The maximum Gasteiger partial charge on any atom is 0.405 e. The lowest BCUT2D eigenvalue weighted by atomic mass is 10.3. The van der Waals surface area contributed by atoms with Crippen LogP contribution in [0.5, 0.6) is 0 Å². The van der Waals surface area contributed by atoms with Crippen molar-refractivity contribution in [3.8, 4) is 11.5 Å². The molecule has 8 nitrogen and oxygen atoms in total. The third-order valence-electron chi connectivity index (χ3n) is 2.12. The van der Waals surface area contributed by atoms with E-state index >= 15 is 0 Å². The van der Waals surface area contributed by atoms with Crippen molar-refractivity contribution in [2.24, 2.45) is 5.73 Å². The van der Waals surface area contributed by atoms with Crippen LogP contribution >= 0.6 is 0 Å². The largest absolute Gasteiger partial charge is 0.437 e. The molecule has 8 heteroatoms. The summed E-state index contributed by atoms with van der Waals surface area (Å²) in [6, 6.07) is 1.72. The average Bonchev–Trinajstić information content (AvgIpc) is 2.77. The molecule has 1 amide bonds. The van der Waals surface area contributed by atoms with E-state index in [1.807, 2.05) is 6.92 Å². The molecule has 2 rings (SSSR count). The molecule has 18 heavy (non-hydrogen) atoms. The number of aromatic nitrogens is 4. The van der Waals surface area contributed by atoms with Gasteiger partial charge in [-0.05, 0) is 19.9 Å². The Morgan fingerprint density at radius 2 is 2.28 bits per heavy atom. The number of nitrogens with two attached hydrogens (primary N) is 1. The fraction of sp³-hybridized carbons (Fsp3) is 0.300. The molecule has 0 saturated heterocycles. The van der Waals surface area contributed by atoms with E-state index in [2.05, 4.69) is 20.1 Å². The van der Waals surface area contributed by atoms with Gasteiger partial charge in [-0.3, -0.25) is 0 Å². The van der Waals surface area contributed by atoms with E-state index in [0.717, 1.165) is 5.69 Å². The quantitative estimate of drug-likeness (QED) is 0.861. The van der Waals surface area contributed by atoms with Gasteiger partial charge >= 0.3 is 6.09 Å². The van der Waals surface area contributed by atoms with Crippen molar-refractivity contribution in [1.82, 2.24) is 20.1 Å². The lowest BCUT2D eigenvalue weighted by Crippen LogP contribution is -2.15. The van der Waals surface area contributed by atoms with E-state index in [1.54, 1.807) is 13.0 Å². The van der Waals surface area contributed by atoms with Crippen LogP contribution in [0.2, 0.25) is 0 Å². The van der Waals surface area contributed by atoms with Gasteiger partial charge in [0, 0.05) is 5.69 Å². The number of carbonyl (C=O) groups is 1. The molecular formula is C10H11N5O3. The van der Waals surface area contributed by atoms with Crippen LogP contribution in [0.1, 0.15) is 24.6 Å². The zero-order valence-electron chi connectivity index (χ0n) is 9.82. The summed E-state index contributed by atoms with van der Waals surface area (Å²) in [6.45, 7) is 3.40. The Balaban J connectivity index is 2.22. The Labute approximate surface area is 102 Å². The predicted octanol–water partition coefficient (Wildman–Crippen LogP) is 0.991. The van der Waals surface area contributed by atoms with Crippen molar-refractivity contribution < 1.29 is 14.1 Å². The minimum Gasteiger partial charge on any atom is -0.437 e. The molecule has 2 aromatic rings. The van der Waals surface area contributed by atoms with Gasteiger partial charge in [0.25, 0.3) is 5.89 Å². The van der Waals surface area contributed by atoms with Gasteiger partial charge < -0.3 is 15.0 Å². The summed E-state index contributed by atoms with van der Waals surface area (Å²) in [5, 5.41) is 3.75. The summed E-state index contributed by atoms with van der Waals surface area (Å²) in [7, 11) is 0. The number of nitrogens with zero attached hydrogens (tertiary/aromatic N) is 4. The molecule has 1 atom stereocenters. The molecule has 0 bridgehead atoms. The molecular weight excluding hydrogens is 238 g/mol. The summed E-state index contributed by atoms with van der Waals surface area (Å²) in [5.41, 5.74) is 6.21. The first kappa shape index (κ1) is 12.0. The van der Waals surface area contributed by atoms with Crippen molar-refractivity contribution >= 4 is 6.09 Å². The highest BCUT2D eigenvalue weighted by Crippen LogP contribution is 2.18. The van der Waals surface area contributed by atoms with E-state index < -0.39 is 12.2 Å². The first-order chi connectivity index (χ1) is 8.56. The Morgan fingerprint density at radius 3 is 2.94 bits per heavy atom. The first-order valence-corrected chi connectivity index (χ1v) is 5.15. The number of aryl methyl sites for hydroxylation is 1. The highest BCUT2D eigenvalue weighted by molar-refractivity contribution is 5.64. The number of primary amides is 1. The molecule has 94 valence electrons. The van der Waals surface area contributed by atoms with E-state index in [9.17, 15) is 4.79 Å². The van der Waals surface area contributed by atoms with Crippen LogP contribution in [0.25, 0.3) is 11.5 Å². The van der Waals surface area contributed by atoms with Crippen molar-refractivity contribution in [3.63, 3.8) is 0 Å².